The topological polar surface area (TPSA) is 17.8 Å². The zero-order valence-corrected chi connectivity index (χ0v) is 12.0. The second kappa shape index (κ2) is 4.84. The number of para-hydroxylation sites is 1. The maximum Gasteiger partial charge on any atom is 0.0649 e. The highest BCUT2D eigenvalue weighted by atomic mass is 15.3. The molecule has 100 valence electrons. The predicted molar refractivity (Wildman–Crippen MR) is 78.8 cm³/mol. The Kier molecular flexibility index (Phi) is 3.17. The highest BCUT2D eigenvalue weighted by molar-refractivity contribution is 5.39. The first-order valence-electron chi connectivity index (χ1n) is 7.31. The van der Waals surface area contributed by atoms with E-state index in [2.05, 4.69) is 67.1 Å². The molecule has 1 aromatic heterocycles. The Bertz CT molecular complexity index is 554. The van der Waals surface area contributed by atoms with Gasteiger partial charge in [0.05, 0.1) is 17.6 Å². The lowest BCUT2D eigenvalue weighted by Crippen LogP contribution is -2.19. The quantitative estimate of drug-likeness (QED) is 0.771. The van der Waals surface area contributed by atoms with Crippen molar-refractivity contribution in [2.24, 2.45) is 5.92 Å². The number of hydrogen-bond donors (Lipinski definition) is 0. The maximum atomic E-state index is 4.67. The maximum absolute atomic E-state index is 4.67. The van der Waals surface area contributed by atoms with Gasteiger partial charge in [-0.05, 0) is 42.4 Å². The van der Waals surface area contributed by atoms with Gasteiger partial charge >= 0.3 is 0 Å². The molecule has 2 aromatic rings. The van der Waals surface area contributed by atoms with Crippen LogP contribution in [0.1, 0.15) is 56.7 Å². The second-order valence-electron chi connectivity index (χ2n) is 6.06. The minimum absolute atomic E-state index is 0.633. The van der Waals surface area contributed by atoms with Crippen molar-refractivity contribution in [3.05, 3.63) is 47.8 Å². The van der Waals surface area contributed by atoms with Crippen LogP contribution in [-0.2, 0) is 0 Å². The van der Waals surface area contributed by atoms with Gasteiger partial charge in [0.15, 0.2) is 0 Å². The summed E-state index contributed by atoms with van der Waals surface area (Å²) in [5, 5.41) is 4.67. The SMILES string of the molecule is CC(C)[C@H]1CC[C@H](C)c2cnn(-c3ccccc3)c21. The summed E-state index contributed by atoms with van der Waals surface area (Å²) in [5.41, 5.74) is 4.08. The number of rotatable bonds is 2. The van der Waals surface area contributed by atoms with Gasteiger partial charge in [0, 0.05) is 5.92 Å². The lowest BCUT2D eigenvalue weighted by molar-refractivity contribution is 0.396. The summed E-state index contributed by atoms with van der Waals surface area (Å²) in [5.74, 6) is 1.95. The highest BCUT2D eigenvalue weighted by Gasteiger charge is 2.31. The third kappa shape index (κ3) is 2.09. The Balaban J connectivity index is 2.13. The van der Waals surface area contributed by atoms with Gasteiger partial charge in [0.1, 0.15) is 0 Å². The highest BCUT2D eigenvalue weighted by Crippen LogP contribution is 2.42. The molecule has 0 radical (unpaired) electrons. The molecule has 0 N–H and O–H groups in total. The van der Waals surface area contributed by atoms with Crippen LogP contribution in [-0.4, -0.2) is 9.78 Å². The molecule has 2 atom stereocenters. The average molecular weight is 254 g/mol. The van der Waals surface area contributed by atoms with Gasteiger partial charge in [-0.3, -0.25) is 0 Å². The molecule has 1 heterocycles. The van der Waals surface area contributed by atoms with Gasteiger partial charge in [0.2, 0.25) is 0 Å². The van der Waals surface area contributed by atoms with Crippen LogP contribution in [0.4, 0.5) is 0 Å². The van der Waals surface area contributed by atoms with E-state index in [1.54, 1.807) is 0 Å². The van der Waals surface area contributed by atoms with E-state index in [1.807, 2.05) is 0 Å². The normalized spacial score (nSPS) is 22.5. The molecular formula is C17H22N2. The van der Waals surface area contributed by atoms with Gasteiger partial charge in [-0.25, -0.2) is 4.68 Å². The van der Waals surface area contributed by atoms with Gasteiger partial charge in [-0.15, -0.1) is 0 Å². The van der Waals surface area contributed by atoms with E-state index in [-0.39, 0.29) is 0 Å². The molecule has 0 spiro atoms. The van der Waals surface area contributed by atoms with E-state index in [9.17, 15) is 0 Å². The minimum Gasteiger partial charge on any atom is -0.237 e. The van der Waals surface area contributed by atoms with Crippen molar-refractivity contribution in [1.29, 1.82) is 0 Å². The van der Waals surface area contributed by atoms with Crippen molar-refractivity contribution in [2.75, 3.05) is 0 Å². The molecule has 0 unspecified atom stereocenters. The predicted octanol–water partition coefficient (Wildman–Crippen LogP) is 4.51. The Labute approximate surface area is 115 Å². The summed E-state index contributed by atoms with van der Waals surface area (Å²) in [6.07, 6.45) is 4.65. The van der Waals surface area contributed by atoms with Crippen LogP contribution in [0.2, 0.25) is 0 Å². The second-order valence-corrected chi connectivity index (χ2v) is 6.06. The van der Waals surface area contributed by atoms with Crippen molar-refractivity contribution in [3.63, 3.8) is 0 Å². The molecule has 0 fully saturated rings. The molecule has 0 saturated carbocycles. The Morgan fingerprint density at radius 1 is 1.16 bits per heavy atom. The minimum atomic E-state index is 0.633. The summed E-state index contributed by atoms with van der Waals surface area (Å²) in [6, 6.07) is 10.5. The van der Waals surface area contributed by atoms with Crippen molar-refractivity contribution in [2.45, 2.75) is 45.4 Å². The lowest BCUT2D eigenvalue weighted by Gasteiger charge is -2.30. The van der Waals surface area contributed by atoms with Crippen LogP contribution in [0.15, 0.2) is 36.5 Å². The Morgan fingerprint density at radius 3 is 2.58 bits per heavy atom. The largest absolute Gasteiger partial charge is 0.237 e. The van der Waals surface area contributed by atoms with Crippen LogP contribution < -0.4 is 0 Å². The fourth-order valence-corrected chi connectivity index (χ4v) is 3.27. The van der Waals surface area contributed by atoms with Crippen LogP contribution in [0.25, 0.3) is 5.69 Å². The van der Waals surface area contributed by atoms with Crippen molar-refractivity contribution >= 4 is 0 Å². The molecule has 3 rings (SSSR count). The van der Waals surface area contributed by atoms with Gasteiger partial charge in [-0.2, -0.15) is 5.10 Å². The third-order valence-corrected chi connectivity index (χ3v) is 4.43. The summed E-state index contributed by atoms with van der Waals surface area (Å²) < 4.78 is 2.16. The zero-order chi connectivity index (χ0) is 13.4. The molecule has 0 aliphatic heterocycles. The average Bonchev–Trinajstić information content (AvgIpc) is 2.85. The van der Waals surface area contributed by atoms with E-state index in [0.29, 0.717) is 17.8 Å². The number of nitrogens with zero attached hydrogens (tertiary/aromatic N) is 2. The Hall–Kier alpha value is -1.57. The number of aromatic nitrogens is 2. The van der Waals surface area contributed by atoms with Gasteiger partial charge in [0.25, 0.3) is 0 Å². The summed E-state index contributed by atoms with van der Waals surface area (Å²) >= 11 is 0. The first-order chi connectivity index (χ1) is 9.18. The molecule has 1 aromatic carbocycles. The van der Waals surface area contributed by atoms with Gasteiger partial charge < -0.3 is 0 Å². The number of fused-ring (bicyclic) bond motifs is 1. The summed E-state index contributed by atoms with van der Waals surface area (Å²) in [6.45, 7) is 6.98. The molecule has 0 saturated heterocycles. The van der Waals surface area contributed by atoms with E-state index in [0.717, 1.165) is 0 Å². The van der Waals surface area contributed by atoms with Crippen LogP contribution in [0, 0.1) is 5.92 Å². The van der Waals surface area contributed by atoms with E-state index in [4.69, 9.17) is 0 Å². The van der Waals surface area contributed by atoms with Crippen LogP contribution >= 0.6 is 0 Å². The molecule has 1 aliphatic rings. The van der Waals surface area contributed by atoms with Crippen molar-refractivity contribution < 1.29 is 0 Å². The lowest BCUT2D eigenvalue weighted by atomic mass is 9.76. The molecule has 1 aliphatic carbocycles. The summed E-state index contributed by atoms with van der Waals surface area (Å²) in [4.78, 5) is 0. The number of hydrogen-bond acceptors (Lipinski definition) is 1. The Morgan fingerprint density at radius 2 is 1.89 bits per heavy atom. The van der Waals surface area contributed by atoms with E-state index >= 15 is 0 Å². The zero-order valence-electron chi connectivity index (χ0n) is 12.0. The number of benzene rings is 1. The molecule has 0 amide bonds. The molecular weight excluding hydrogens is 232 g/mol. The van der Waals surface area contributed by atoms with Crippen LogP contribution in [0.3, 0.4) is 0 Å². The van der Waals surface area contributed by atoms with Gasteiger partial charge in [-0.1, -0.05) is 39.0 Å². The first-order valence-corrected chi connectivity index (χ1v) is 7.31. The van der Waals surface area contributed by atoms with E-state index in [1.165, 1.54) is 29.8 Å². The van der Waals surface area contributed by atoms with Crippen molar-refractivity contribution in [1.82, 2.24) is 9.78 Å². The smallest absolute Gasteiger partial charge is 0.0649 e. The van der Waals surface area contributed by atoms with E-state index < -0.39 is 0 Å². The third-order valence-electron chi connectivity index (χ3n) is 4.43. The van der Waals surface area contributed by atoms with Crippen molar-refractivity contribution in [3.8, 4) is 5.69 Å². The standard InChI is InChI=1S/C17H22N2/c1-12(2)15-10-9-13(3)16-11-18-19(17(15)16)14-7-5-4-6-8-14/h4-8,11-13,15H,9-10H2,1-3H3/t13-,15+/m0/s1. The molecule has 2 heteroatoms. The van der Waals surface area contributed by atoms with Crippen LogP contribution in [0.5, 0.6) is 0 Å². The monoisotopic (exact) mass is 254 g/mol. The fourth-order valence-electron chi connectivity index (χ4n) is 3.27. The summed E-state index contributed by atoms with van der Waals surface area (Å²) in [7, 11) is 0. The first kappa shape index (κ1) is 12.5. The molecule has 19 heavy (non-hydrogen) atoms. The fraction of sp³-hybridized carbons (Fsp3) is 0.471. The molecule has 2 nitrogen and oxygen atoms in total. The molecule has 0 bridgehead atoms.